The van der Waals surface area contributed by atoms with E-state index in [1.54, 1.807) is 25.1 Å². The highest BCUT2D eigenvalue weighted by Gasteiger charge is 2.22. The molecule has 0 bridgehead atoms. The van der Waals surface area contributed by atoms with Gasteiger partial charge in [0.1, 0.15) is 5.82 Å². The van der Waals surface area contributed by atoms with E-state index >= 15 is 0 Å². The zero-order valence-corrected chi connectivity index (χ0v) is 16.8. The highest BCUT2D eigenvalue weighted by molar-refractivity contribution is 6.07. The zero-order valence-electron chi connectivity index (χ0n) is 16.8. The molecular formula is C23H18FN3O4. The normalized spacial score (nSPS) is 13.4. The average Bonchev–Trinajstić information content (AvgIpc) is 3.39. The fourth-order valence-electron chi connectivity index (χ4n) is 3.58. The third kappa shape index (κ3) is 3.46. The number of carbonyl (C=O) groups excluding carboxylic acids is 1. The van der Waals surface area contributed by atoms with Crippen LogP contribution in [0.4, 0.5) is 4.39 Å². The second-order valence-corrected chi connectivity index (χ2v) is 7.32. The number of pyridine rings is 1. The van der Waals surface area contributed by atoms with Crippen LogP contribution in [-0.2, 0) is 0 Å². The molecule has 1 aliphatic rings. The molecule has 2 aromatic heterocycles. The molecular weight excluding hydrogens is 401 g/mol. The molecule has 0 saturated heterocycles. The van der Waals surface area contributed by atoms with Gasteiger partial charge in [-0.25, -0.2) is 9.37 Å². The monoisotopic (exact) mass is 419 g/mol. The van der Waals surface area contributed by atoms with E-state index in [-0.39, 0.29) is 30.3 Å². The van der Waals surface area contributed by atoms with Gasteiger partial charge in [-0.15, -0.1) is 0 Å². The van der Waals surface area contributed by atoms with Crippen LogP contribution in [0.25, 0.3) is 22.4 Å². The molecule has 0 saturated carbocycles. The van der Waals surface area contributed by atoms with Gasteiger partial charge in [0.05, 0.1) is 28.4 Å². The van der Waals surface area contributed by atoms with Crippen LogP contribution in [0.2, 0.25) is 0 Å². The maximum Gasteiger partial charge on any atom is 0.259 e. The van der Waals surface area contributed by atoms with Crippen molar-refractivity contribution in [1.29, 1.82) is 0 Å². The summed E-state index contributed by atoms with van der Waals surface area (Å²) in [6.45, 7) is 3.83. The molecule has 1 aliphatic heterocycles. The predicted molar refractivity (Wildman–Crippen MR) is 110 cm³/mol. The Kier molecular flexibility index (Phi) is 4.54. The van der Waals surface area contributed by atoms with Gasteiger partial charge < -0.3 is 19.3 Å². The van der Waals surface area contributed by atoms with Crippen molar-refractivity contribution >= 4 is 17.0 Å². The van der Waals surface area contributed by atoms with Crippen LogP contribution in [0.15, 0.2) is 53.1 Å². The average molecular weight is 419 g/mol. The van der Waals surface area contributed by atoms with Crippen molar-refractivity contribution in [1.82, 2.24) is 15.5 Å². The molecule has 31 heavy (non-hydrogen) atoms. The first-order chi connectivity index (χ1) is 15.0. The molecule has 1 atom stereocenters. The topological polar surface area (TPSA) is 86.5 Å². The number of rotatable bonds is 4. The Bertz CT molecular complexity index is 1300. The summed E-state index contributed by atoms with van der Waals surface area (Å²) in [7, 11) is 0. The molecule has 156 valence electrons. The Morgan fingerprint density at radius 3 is 2.68 bits per heavy atom. The Balaban J connectivity index is 1.50. The zero-order chi connectivity index (χ0) is 21.5. The number of amides is 1. The maximum absolute atomic E-state index is 13.3. The first-order valence-electron chi connectivity index (χ1n) is 9.73. The van der Waals surface area contributed by atoms with Gasteiger partial charge in [-0.1, -0.05) is 11.2 Å². The molecule has 7 nitrogen and oxygen atoms in total. The van der Waals surface area contributed by atoms with E-state index in [4.69, 9.17) is 14.0 Å². The Morgan fingerprint density at radius 1 is 1.10 bits per heavy atom. The number of hydrogen-bond acceptors (Lipinski definition) is 6. The number of fused-ring (bicyclic) bond motifs is 2. The summed E-state index contributed by atoms with van der Waals surface area (Å²) < 4.78 is 29.4. The van der Waals surface area contributed by atoms with Crippen molar-refractivity contribution in [2.45, 2.75) is 19.9 Å². The molecule has 8 heteroatoms. The maximum atomic E-state index is 13.3. The van der Waals surface area contributed by atoms with Crippen LogP contribution in [-0.4, -0.2) is 22.8 Å². The fraction of sp³-hybridized carbons (Fsp3) is 0.174. The smallest absolute Gasteiger partial charge is 0.259 e. The molecule has 1 N–H and O–H groups in total. The second kappa shape index (κ2) is 7.39. The number of nitrogens with one attached hydrogen (secondary N) is 1. The Labute approximate surface area is 176 Å². The minimum absolute atomic E-state index is 0.188. The van der Waals surface area contributed by atoms with Crippen LogP contribution in [0, 0.1) is 12.7 Å². The van der Waals surface area contributed by atoms with Gasteiger partial charge in [0.2, 0.25) is 6.79 Å². The number of ether oxygens (including phenoxy) is 2. The molecule has 2 aromatic carbocycles. The number of benzene rings is 2. The van der Waals surface area contributed by atoms with E-state index in [0.29, 0.717) is 39.4 Å². The number of carbonyl (C=O) groups is 1. The van der Waals surface area contributed by atoms with Gasteiger partial charge in [0, 0.05) is 5.56 Å². The third-order valence-corrected chi connectivity index (χ3v) is 5.25. The molecule has 1 amide bonds. The lowest BCUT2D eigenvalue weighted by Gasteiger charge is -2.16. The Hall–Kier alpha value is -3.94. The summed E-state index contributed by atoms with van der Waals surface area (Å²) in [5, 5.41) is 7.51. The summed E-state index contributed by atoms with van der Waals surface area (Å²) in [5.41, 5.74) is 3.23. The van der Waals surface area contributed by atoms with E-state index < -0.39 is 0 Å². The molecule has 1 unspecified atom stereocenters. The minimum Gasteiger partial charge on any atom is -0.454 e. The van der Waals surface area contributed by atoms with Crippen molar-refractivity contribution in [3.05, 3.63) is 71.2 Å². The van der Waals surface area contributed by atoms with Crippen molar-refractivity contribution < 1.29 is 23.2 Å². The lowest BCUT2D eigenvalue weighted by Crippen LogP contribution is -2.27. The Morgan fingerprint density at radius 2 is 1.87 bits per heavy atom. The standard InChI is InChI=1S/C23H18FN3O4/c1-12(15-5-8-19-20(9-15)30-11-29-19)25-22(28)17-10-18(14-3-6-16(24)7-4-14)26-23-21(17)13(2)27-31-23/h3-10,12H,11H2,1-2H3,(H,25,28). The highest BCUT2D eigenvalue weighted by atomic mass is 19.1. The molecule has 0 fully saturated rings. The van der Waals surface area contributed by atoms with Gasteiger partial charge in [0.25, 0.3) is 11.6 Å². The van der Waals surface area contributed by atoms with Gasteiger partial charge in [0.15, 0.2) is 11.5 Å². The SMILES string of the molecule is Cc1noc2nc(-c3ccc(F)cc3)cc(C(=O)NC(C)c3ccc4c(c3)OCO4)c12. The van der Waals surface area contributed by atoms with Crippen molar-refractivity contribution in [3.63, 3.8) is 0 Å². The van der Waals surface area contributed by atoms with E-state index in [1.165, 1.54) is 12.1 Å². The van der Waals surface area contributed by atoms with Crippen molar-refractivity contribution in [2.24, 2.45) is 0 Å². The van der Waals surface area contributed by atoms with Crippen LogP contribution in [0.5, 0.6) is 11.5 Å². The summed E-state index contributed by atoms with van der Waals surface area (Å²) >= 11 is 0. The van der Waals surface area contributed by atoms with E-state index in [0.717, 1.165) is 5.56 Å². The van der Waals surface area contributed by atoms with E-state index in [1.807, 2.05) is 25.1 Å². The van der Waals surface area contributed by atoms with Gasteiger partial charge in [-0.05, 0) is 61.9 Å². The number of aryl methyl sites for hydroxylation is 1. The molecule has 0 spiro atoms. The molecule has 5 rings (SSSR count). The number of halogens is 1. The third-order valence-electron chi connectivity index (χ3n) is 5.25. The summed E-state index contributed by atoms with van der Waals surface area (Å²) in [5.74, 6) is 0.684. The molecule has 0 aliphatic carbocycles. The van der Waals surface area contributed by atoms with Crippen LogP contribution in [0.3, 0.4) is 0 Å². The van der Waals surface area contributed by atoms with Crippen molar-refractivity contribution in [3.8, 4) is 22.8 Å². The van der Waals surface area contributed by atoms with Gasteiger partial charge in [-0.3, -0.25) is 4.79 Å². The number of hydrogen-bond donors (Lipinski definition) is 1. The van der Waals surface area contributed by atoms with Crippen LogP contribution < -0.4 is 14.8 Å². The molecule has 0 radical (unpaired) electrons. The van der Waals surface area contributed by atoms with Crippen LogP contribution >= 0.6 is 0 Å². The fourth-order valence-corrected chi connectivity index (χ4v) is 3.58. The number of aromatic nitrogens is 2. The molecule has 3 heterocycles. The van der Waals surface area contributed by atoms with Crippen molar-refractivity contribution in [2.75, 3.05) is 6.79 Å². The number of nitrogens with zero attached hydrogens (tertiary/aromatic N) is 2. The lowest BCUT2D eigenvalue weighted by molar-refractivity contribution is 0.0941. The van der Waals surface area contributed by atoms with E-state index in [2.05, 4.69) is 15.5 Å². The highest BCUT2D eigenvalue weighted by Crippen LogP contribution is 2.34. The van der Waals surface area contributed by atoms with Crippen LogP contribution in [0.1, 0.15) is 34.6 Å². The van der Waals surface area contributed by atoms with E-state index in [9.17, 15) is 9.18 Å². The van der Waals surface area contributed by atoms with Gasteiger partial charge >= 0.3 is 0 Å². The summed E-state index contributed by atoms with van der Waals surface area (Å²) in [6.07, 6.45) is 0. The minimum atomic E-state index is -0.351. The quantitative estimate of drug-likeness (QED) is 0.522. The van der Waals surface area contributed by atoms with Gasteiger partial charge in [-0.2, -0.15) is 0 Å². The summed E-state index contributed by atoms with van der Waals surface area (Å²) in [4.78, 5) is 17.7. The first kappa shape index (κ1) is 19.0. The lowest BCUT2D eigenvalue weighted by atomic mass is 10.0. The first-order valence-corrected chi connectivity index (χ1v) is 9.73. The largest absolute Gasteiger partial charge is 0.454 e. The summed E-state index contributed by atoms with van der Waals surface area (Å²) in [6, 6.07) is 12.8. The second-order valence-electron chi connectivity index (χ2n) is 7.32. The molecule has 4 aromatic rings. The predicted octanol–water partition coefficient (Wildman–Crippen LogP) is 4.56.